The van der Waals surface area contributed by atoms with E-state index >= 15 is 0 Å². The smallest absolute Gasteiger partial charge is 0.222 e. The molecule has 0 amide bonds. The van der Waals surface area contributed by atoms with Crippen molar-refractivity contribution in [1.29, 1.82) is 0 Å². The topological polar surface area (TPSA) is 21.6 Å². The number of hydrogen-bond donors (Lipinski definition) is 0. The highest BCUT2D eigenvalue weighted by molar-refractivity contribution is 6.30. The molecular formula is C14H10ClNO. The standard InChI is InChI=1S/C14H10ClNO/c15-12-7-5-10(6-8-12)14-16-9-11-3-1-2-4-13(11)17-14/h1-8H,9H2. The Hall–Kier alpha value is -1.80. The van der Waals surface area contributed by atoms with Crippen LogP contribution < -0.4 is 4.74 Å². The van der Waals surface area contributed by atoms with Crippen LogP contribution in [0.4, 0.5) is 0 Å². The molecule has 0 N–H and O–H groups in total. The second-order valence-corrected chi connectivity index (χ2v) is 4.27. The summed E-state index contributed by atoms with van der Waals surface area (Å²) in [5.41, 5.74) is 2.06. The fourth-order valence-corrected chi connectivity index (χ4v) is 1.90. The van der Waals surface area contributed by atoms with Gasteiger partial charge >= 0.3 is 0 Å². The van der Waals surface area contributed by atoms with E-state index < -0.39 is 0 Å². The van der Waals surface area contributed by atoms with Crippen molar-refractivity contribution in [2.45, 2.75) is 6.54 Å². The lowest BCUT2D eigenvalue weighted by Crippen LogP contribution is -2.15. The number of para-hydroxylation sites is 1. The number of aliphatic imine (C=N–C) groups is 1. The van der Waals surface area contributed by atoms with Gasteiger partial charge in [-0.05, 0) is 30.3 Å². The Morgan fingerprint density at radius 3 is 2.59 bits per heavy atom. The lowest BCUT2D eigenvalue weighted by molar-refractivity contribution is 0.524. The zero-order valence-corrected chi connectivity index (χ0v) is 9.82. The Balaban J connectivity index is 1.93. The first-order valence-electron chi connectivity index (χ1n) is 5.39. The lowest BCUT2D eigenvalue weighted by Gasteiger charge is -2.16. The molecule has 3 heteroatoms. The molecule has 0 aliphatic carbocycles. The fourth-order valence-electron chi connectivity index (χ4n) is 1.77. The summed E-state index contributed by atoms with van der Waals surface area (Å²) >= 11 is 5.85. The van der Waals surface area contributed by atoms with Crippen molar-refractivity contribution in [3.05, 3.63) is 64.7 Å². The second-order valence-electron chi connectivity index (χ2n) is 3.84. The molecule has 1 aliphatic rings. The van der Waals surface area contributed by atoms with E-state index in [2.05, 4.69) is 4.99 Å². The maximum Gasteiger partial charge on any atom is 0.222 e. The highest BCUT2D eigenvalue weighted by Gasteiger charge is 2.14. The van der Waals surface area contributed by atoms with Gasteiger partial charge in [-0.3, -0.25) is 0 Å². The number of nitrogens with zero attached hydrogens (tertiary/aromatic N) is 1. The SMILES string of the molecule is Clc1ccc(C2=NCc3ccccc3O2)cc1. The summed E-state index contributed by atoms with van der Waals surface area (Å²) in [6.07, 6.45) is 0. The fraction of sp³-hybridized carbons (Fsp3) is 0.0714. The molecule has 1 heterocycles. The molecule has 0 atom stereocenters. The van der Waals surface area contributed by atoms with Gasteiger partial charge in [0.15, 0.2) is 0 Å². The van der Waals surface area contributed by atoms with Gasteiger partial charge in [0.1, 0.15) is 5.75 Å². The first-order chi connectivity index (χ1) is 8.33. The largest absolute Gasteiger partial charge is 0.438 e. The van der Waals surface area contributed by atoms with Crippen molar-refractivity contribution in [1.82, 2.24) is 0 Å². The molecule has 2 aromatic carbocycles. The third kappa shape index (κ3) is 2.04. The molecule has 0 unspecified atom stereocenters. The number of ether oxygens (including phenoxy) is 1. The Morgan fingerprint density at radius 2 is 1.76 bits per heavy atom. The van der Waals surface area contributed by atoms with Gasteiger partial charge in [0.25, 0.3) is 0 Å². The van der Waals surface area contributed by atoms with E-state index in [1.807, 2.05) is 48.5 Å². The summed E-state index contributed by atoms with van der Waals surface area (Å²) < 4.78 is 5.76. The van der Waals surface area contributed by atoms with Crippen LogP contribution in [-0.4, -0.2) is 5.90 Å². The van der Waals surface area contributed by atoms with E-state index in [4.69, 9.17) is 16.3 Å². The van der Waals surface area contributed by atoms with Crippen LogP contribution in [0, 0.1) is 0 Å². The van der Waals surface area contributed by atoms with E-state index in [1.54, 1.807) is 0 Å². The molecule has 2 nitrogen and oxygen atoms in total. The number of fused-ring (bicyclic) bond motifs is 1. The average Bonchev–Trinajstić information content (AvgIpc) is 2.39. The van der Waals surface area contributed by atoms with E-state index in [1.165, 1.54) is 0 Å². The van der Waals surface area contributed by atoms with Gasteiger partial charge in [0, 0.05) is 16.1 Å². The monoisotopic (exact) mass is 243 g/mol. The summed E-state index contributed by atoms with van der Waals surface area (Å²) in [5.74, 6) is 1.54. The van der Waals surface area contributed by atoms with Crippen molar-refractivity contribution >= 4 is 17.5 Å². The summed E-state index contributed by atoms with van der Waals surface area (Å²) in [4.78, 5) is 4.42. The second kappa shape index (κ2) is 4.22. The first kappa shape index (κ1) is 10.4. The molecular weight excluding hydrogens is 234 g/mol. The molecule has 0 fully saturated rings. The van der Waals surface area contributed by atoms with E-state index in [9.17, 15) is 0 Å². The van der Waals surface area contributed by atoms with Crippen LogP contribution >= 0.6 is 11.6 Å². The molecule has 0 radical (unpaired) electrons. The maximum atomic E-state index is 5.85. The molecule has 0 aromatic heterocycles. The quantitative estimate of drug-likeness (QED) is 0.749. The van der Waals surface area contributed by atoms with Crippen LogP contribution in [0.25, 0.3) is 0 Å². The maximum absolute atomic E-state index is 5.85. The van der Waals surface area contributed by atoms with Gasteiger partial charge in [-0.15, -0.1) is 0 Å². The van der Waals surface area contributed by atoms with Gasteiger partial charge in [0.05, 0.1) is 6.54 Å². The molecule has 2 aromatic rings. The third-order valence-electron chi connectivity index (χ3n) is 2.66. The highest BCUT2D eigenvalue weighted by atomic mass is 35.5. The first-order valence-corrected chi connectivity index (χ1v) is 5.77. The minimum Gasteiger partial charge on any atom is -0.438 e. The molecule has 0 spiro atoms. The van der Waals surface area contributed by atoms with Crippen LogP contribution in [0.1, 0.15) is 11.1 Å². The van der Waals surface area contributed by atoms with Crippen molar-refractivity contribution in [2.24, 2.45) is 4.99 Å². The summed E-state index contributed by atoms with van der Waals surface area (Å²) in [6, 6.07) is 15.4. The Bertz CT molecular complexity index is 575. The highest BCUT2D eigenvalue weighted by Crippen LogP contribution is 2.24. The lowest BCUT2D eigenvalue weighted by atomic mass is 10.1. The predicted octanol–water partition coefficient (Wildman–Crippen LogP) is 3.68. The number of halogens is 1. The van der Waals surface area contributed by atoms with E-state index in [0.717, 1.165) is 16.9 Å². The summed E-state index contributed by atoms with van der Waals surface area (Å²) in [7, 11) is 0. The van der Waals surface area contributed by atoms with Crippen LogP contribution in [0.2, 0.25) is 5.02 Å². The van der Waals surface area contributed by atoms with Gasteiger partial charge in [-0.2, -0.15) is 0 Å². The van der Waals surface area contributed by atoms with Crippen molar-refractivity contribution in [3.8, 4) is 5.75 Å². The minimum absolute atomic E-state index is 0.653. The van der Waals surface area contributed by atoms with E-state index in [-0.39, 0.29) is 0 Å². The van der Waals surface area contributed by atoms with Crippen LogP contribution in [0.5, 0.6) is 5.75 Å². The van der Waals surface area contributed by atoms with Gasteiger partial charge in [0.2, 0.25) is 5.90 Å². The van der Waals surface area contributed by atoms with Gasteiger partial charge < -0.3 is 4.74 Å². The molecule has 1 aliphatic heterocycles. The molecule has 3 rings (SSSR count). The van der Waals surface area contributed by atoms with Crippen LogP contribution in [-0.2, 0) is 6.54 Å². The molecule has 17 heavy (non-hydrogen) atoms. The minimum atomic E-state index is 0.653. The Morgan fingerprint density at radius 1 is 1.00 bits per heavy atom. The predicted molar refractivity (Wildman–Crippen MR) is 68.8 cm³/mol. The number of rotatable bonds is 1. The normalized spacial score (nSPS) is 13.6. The van der Waals surface area contributed by atoms with Crippen molar-refractivity contribution < 1.29 is 4.74 Å². The zero-order valence-electron chi connectivity index (χ0n) is 9.06. The number of hydrogen-bond acceptors (Lipinski definition) is 2. The molecule has 0 saturated heterocycles. The Kier molecular flexibility index (Phi) is 2.57. The Labute approximate surface area is 105 Å². The van der Waals surface area contributed by atoms with E-state index in [0.29, 0.717) is 17.5 Å². The average molecular weight is 244 g/mol. The van der Waals surface area contributed by atoms with Gasteiger partial charge in [-0.25, -0.2) is 4.99 Å². The number of benzene rings is 2. The van der Waals surface area contributed by atoms with Crippen molar-refractivity contribution in [3.63, 3.8) is 0 Å². The zero-order chi connectivity index (χ0) is 11.7. The summed E-state index contributed by atoms with van der Waals surface area (Å²) in [6.45, 7) is 0.661. The van der Waals surface area contributed by atoms with Crippen LogP contribution in [0.15, 0.2) is 53.5 Å². The summed E-state index contributed by atoms with van der Waals surface area (Å²) in [5, 5.41) is 0.713. The van der Waals surface area contributed by atoms with Crippen LogP contribution in [0.3, 0.4) is 0 Å². The molecule has 0 bridgehead atoms. The molecule has 0 saturated carbocycles. The van der Waals surface area contributed by atoms with Gasteiger partial charge in [-0.1, -0.05) is 29.8 Å². The molecule has 84 valence electrons. The third-order valence-corrected chi connectivity index (χ3v) is 2.92. The van der Waals surface area contributed by atoms with Crippen molar-refractivity contribution in [2.75, 3.05) is 0 Å².